The van der Waals surface area contributed by atoms with Gasteiger partial charge in [0.15, 0.2) is 11.5 Å². The van der Waals surface area contributed by atoms with Crippen molar-refractivity contribution in [1.82, 2.24) is 10.2 Å². The number of para-hydroxylation sites is 1. The number of nitrogens with one attached hydrogen (secondary N) is 1. The topological polar surface area (TPSA) is 55.7 Å². The Kier molecular flexibility index (Phi) is 4.55. The Bertz CT molecular complexity index is 423. The summed E-state index contributed by atoms with van der Waals surface area (Å²) in [5, 5.41) is 22.5. The average Bonchev–Trinajstić information content (AvgIpc) is 2.40. The number of phenols is 2. The molecule has 0 aliphatic carbocycles. The molecule has 0 bridgehead atoms. The van der Waals surface area contributed by atoms with Crippen molar-refractivity contribution in [2.75, 3.05) is 26.2 Å². The summed E-state index contributed by atoms with van der Waals surface area (Å²) in [5.41, 5.74) is 0.363. The first-order chi connectivity index (χ1) is 9.09. The van der Waals surface area contributed by atoms with E-state index in [0.717, 1.165) is 13.1 Å². The number of benzene rings is 1. The monoisotopic (exact) mass is 272 g/mol. The highest BCUT2D eigenvalue weighted by molar-refractivity contribution is 5.46. The second kappa shape index (κ2) is 6.16. The molecule has 6 heteroatoms. The van der Waals surface area contributed by atoms with Gasteiger partial charge in [-0.25, -0.2) is 8.78 Å². The number of piperazine rings is 1. The lowest BCUT2D eigenvalue weighted by Crippen LogP contribution is -2.45. The second-order valence-electron chi connectivity index (χ2n) is 4.64. The SMILES string of the molecule is Oc1cccc([C@@H](CC(F)F)N2CCNCC2)c1O. The molecule has 1 heterocycles. The minimum absolute atomic E-state index is 0.271. The van der Waals surface area contributed by atoms with Crippen LogP contribution >= 0.6 is 0 Å². The molecule has 0 unspecified atom stereocenters. The molecule has 1 aromatic rings. The maximum Gasteiger partial charge on any atom is 0.240 e. The van der Waals surface area contributed by atoms with E-state index in [2.05, 4.69) is 5.32 Å². The molecule has 2 rings (SSSR count). The second-order valence-corrected chi connectivity index (χ2v) is 4.64. The normalized spacial score (nSPS) is 18.7. The fourth-order valence-corrected chi connectivity index (χ4v) is 2.45. The van der Waals surface area contributed by atoms with Gasteiger partial charge < -0.3 is 15.5 Å². The van der Waals surface area contributed by atoms with Crippen molar-refractivity contribution in [3.8, 4) is 11.5 Å². The molecule has 1 atom stereocenters. The summed E-state index contributed by atoms with van der Waals surface area (Å²) in [6.07, 6.45) is -2.81. The van der Waals surface area contributed by atoms with Crippen molar-refractivity contribution in [2.45, 2.75) is 18.9 Å². The van der Waals surface area contributed by atoms with E-state index in [0.29, 0.717) is 18.7 Å². The van der Waals surface area contributed by atoms with E-state index in [9.17, 15) is 19.0 Å². The van der Waals surface area contributed by atoms with E-state index in [1.54, 1.807) is 12.1 Å². The summed E-state index contributed by atoms with van der Waals surface area (Å²) in [7, 11) is 0. The summed E-state index contributed by atoms with van der Waals surface area (Å²) in [6.45, 7) is 2.76. The van der Waals surface area contributed by atoms with Gasteiger partial charge in [0, 0.05) is 44.2 Å². The number of nitrogens with zero attached hydrogens (tertiary/aromatic N) is 1. The van der Waals surface area contributed by atoms with Crippen molar-refractivity contribution >= 4 is 0 Å². The fourth-order valence-electron chi connectivity index (χ4n) is 2.45. The lowest BCUT2D eigenvalue weighted by molar-refractivity contribution is 0.0728. The molecule has 1 aliphatic rings. The van der Waals surface area contributed by atoms with Crippen molar-refractivity contribution in [3.63, 3.8) is 0 Å². The van der Waals surface area contributed by atoms with Crippen molar-refractivity contribution in [1.29, 1.82) is 0 Å². The molecule has 1 aromatic carbocycles. The van der Waals surface area contributed by atoms with Gasteiger partial charge in [0.2, 0.25) is 6.43 Å². The first-order valence-electron chi connectivity index (χ1n) is 6.33. The van der Waals surface area contributed by atoms with Gasteiger partial charge in [-0.05, 0) is 6.07 Å². The van der Waals surface area contributed by atoms with Crippen LogP contribution in [0.4, 0.5) is 8.78 Å². The first kappa shape index (κ1) is 14.0. The molecule has 1 saturated heterocycles. The zero-order valence-electron chi connectivity index (χ0n) is 10.5. The molecule has 0 aromatic heterocycles. The minimum atomic E-state index is -2.46. The maximum absolute atomic E-state index is 12.8. The van der Waals surface area contributed by atoms with Crippen molar-refractivity contribution < 1.29 is 19.0 Å². The third-order valence-corrected chi connectivity index (χ3v) is 3.40. The molecule has 1 aliphatic heterocycles. The van der Waals surface area contributed by atoms with E-state index in [1.807, 2.05) is 4.90 Å². The average molecular weight is 272 g/mol. The smallest absolute Gasteiger partial charge is 0.240 e. The maximum atomic E-state index is 12.8. The van der Waals surface area contributed by atoms with Gasteiger partial charge in [-0.15, -0.1) is 0 Å². The van der Waals surface area contributed by atoms with Crippen LogP contribution in [0.3, 0.4) is 0 Å². The van der Waals surface area contributed by atoms with E-state index in [4.69, 9.17) is 0 Å². The van der Waals surface area contributed by atoms with Crippen LogP contribution in [-0.2, 0) is 0 Å². The molecule has 0 amide bonds. The number of hydrogen-bond donors (Lipinski definition) is 3. The number of alkyl halides is 2. The summed E-state index contributed by atoms with van der Waals surface area (Å²) in [4.78, 5) is 1.91. The molecule has 0 radical (unpaired) electrons. The number of aromatic hydroxyl groups is 2. The number of rotatable bonds is 4. The highest BCUT2D eigenvalue weighted by Crippen LogP contribution is 2.38. The quantitative estimate of drug-likeness (QED) is 0.730. The molecular weight excluding hydrogens is 254 g/mol. The highest BCUT2D eigenvalue weighted by Gasteiger charge is 2.28. The number of hydrogen-bond acceptors (Lipinski definition) is 4. The van der Waals surface area contributed by atoms with Crippen LogP contribution in [-0.4, -0.2) is 47.7 Å². The van der Waals surface area contributed by atoms with Gasteiger partial charge in [-0.3, -0.25) is 4.90 Å². The first-order valence-corrected chi connectivity index (χ1v) is 6.33. The Labute approximate surface area is 110 Å². The Morgan fingerprint density at radius 3 is 2.53 bits per heavy atom. The summed E-state index contributed by atoms with van der Waals surface area (Å²) >= 11 is 0. The van der Waals surface area contributed by atoms with Crippen molar-refractivity contribution in [2.24, 2.45) is 0 Å². The van der Waals surface area contributed by atoms with Crippen LogP contribution in [0.2, 0.25) is 0 Å². The minimum Gasteiger partial charge on any atom is -0.504 e. The highest BCUT2D eigenvalue weighted by atomic mass is 19.3. The fraction of sp³-hybridized carbons (Fsp3) is 0.538. The predicted octanol–water partition coefficient (Wildman–Crippen LogP) is 1.70. The van der Waals surface area contributed by atoms with E-state index in [1.165, 1.54) is 6.07 Å². The lowest BCUT2D eigenvalue weighted by Gasteiger charge is -2.35. The third-order valence-electron chi connectivity index (χ3n) is 3.40. The zero-order chi connectivity index (χ0) is 13.8. The largest absolute Gasteiger partial charge is 0.504 e. The van der Waals surface area contributed by atoms with Gasteiger partial charge in [-0.2, -0.15) is 0 Å². The molecule has 3 N–H and O–H groups in total. The molecule has 0 saturated carbocycles. The summed E-state index contributed by atoms with van der Waals surface area (Å²) in [6, 6.07) is 3.92. The molecule has 106 valence electrons. The lowest BCUT2D eigenvalue weighted by atomic mass is 10.00. The number of phenolic OH excluding ortho intramolecular Hbond substituents is 2. The van der Waals surface area contributed by atoms with Crippen LogP contribution < -0.4 is 5.32 Å². The van der Waals surface area contributed by atoms with Crippen LogP contribution in [0.15, 0.2) is 18.2 Å². The Morgan fingerprint density at radius 2 is 1.89 bits per heavy atom. The van der Waals surface area contributed by atoms with Crippen LogP contribution in [0, 0.1) is 0 Å². The van der Waals surface area contributed by atoms with Crippen LogP contribution in [0.5, 0.6) is 11.5 Å². The molecule has 19 heavy (non-hydrogen) atoms. The Hall–Kier alpha value is -1.40. The third kappa shape index (κ3) is 3.33. The molecule has 4 nitrogen and oxygen atoms in total. The molecule has 1 fully saturated rings. The zero-order valence-corrected chi connectivity index (χ0v) is 10.5. The standard InChI is InChI=1S/C13H18F2N2O2/c14-12(15)8-10(17-6-4-16-5-7-17)9-2-1-3-11(18)13(9)19/h1-3,10,12,16,18-19H,4-8H2/t10-/m1/s1. The predicted molar refractivity (Wildman–Crippen MR) is 67.6 cm³/mol. The molecule has 0 spiro atoms. The van der Waals surface area contributed by atoms with E-state index in [-0.39, 0.29) is 17.9 Å². The van der Waals surface area contributed by atoms with Crippen molar-refractivity contribution in [3.05, 3.63) is 23.8 Å². The Morgan fingerprint density at radius 1 is 1.21 bits per heavy atom. The summed E-state index contributed by atoms with van der Waals surface area (Å²) < 4.78 is 25.5. The van der Waals surface area contributed by atoms with E-state index >= 15 is 0 Å². The van der Waals surface area contributed by atoms with Gasteiger partial charge in [0.25, 0.3) is 0 Å². The van der Waals surface area contributed by atoms with Gasteiger partial charge in [0.05, 0.1) is 0 Å². The van der Waals surface area contributed by atoms with Gasteiger partial charge in [-0.1, -0.05) is 12.1 Å². The van der Waals surface area contributed by atoms with Gasteiger partial charge in [0.1, 0.15) is 0 Å². The number of halogens is 2. The Balaban J connectivity index is 2.27. The molecular formula is C13H18F2N2O2. The van der Waals surface area contributed by atoms with Crippen LogP contribution in [0.1, 0.15) is 18.0 Å². The van der Waals surface area contributed by atoms with E-state index < -0.39 is 12.5 Å². The van der Waals surface area contributed by atoms with Crippen LogP contribution in [0.25, 0.3) is 0 Å². The van der Waals surface area contributed by atoms with Gasteiger partial charge >= 0.3 is 0 Å². The summed E-state index contributed by atoms with van der Waals surface area (Å²) in [5.74, 6) is -0.571.